The fraction of sp³-hybridized carbons (Fsp3) is 0.429. The fourth-order valence-corrected chi connectivity index (χ4v) is 11.5. The van der Waals surface area contributed by atoms with Crippen LogP contribution in [-0.2, 0) is 32.8 Å². The normalized spacial score (nSPS) is 17.6. The van der Waals surface area contributed by atoms with Crippen LogP contribution in [0.5, 0.6) is 5.75 Å². The largest absolute Gasteiger partial charge is 0.497 e. The number of ether oxygens (including phenoxy) is 3. The molecule has 3 aromatic carbocycles. The molecule has 45 heavy (non-hydrogen) atoms. The summed E-state index contributed by atoms with van der Waals surface area (Å²) in [6.07, 6.45) is 7.14. The standard InChI is InChI=1S/C35H42O8S2/c1-40-27-22-24-32(25-23-27)44(30-18-10-4-11-19-30,31-20-12-5-13-21-31)43-45(38,39)33(35(37)42-29-16-8-3-9-17-29)26-34(36)41-28-14-6-2-7-15-28/h4-5,10-13,18-25,28-29,33H,2-3,6-9,14-17,26H2,1H3. The Morgan fingerprint density at radius 3 is 1.62 bits per heavy atom. The molecule has 8 nitrogen and oxygen atoms in total. The van der Waals surface area contributed by atoms with Gasteiger partial charge in [-0.3, -0.25) is 9.59 Å². The van der Waals surface area contributed by atoms with Crippen molar-refractivity contribution in [3.63, 3.8) is 0 Å². The highest BCUT2D eigenvalue weighted by Crippen LogP contribution is 2.70. The molecule has 1 unspecified atom stereocenters. The van der Waals surface area contributed by atoms with E-state index in [1.165, 1.54) is 0 Å². The predicted molar refractivity (Wildman–Crippen MR) is 173 cm³/mol. The summed E-state index contributed by atoms with van der Waals surface area (Å²) in [7, 11) is -6.23. The van der Waals surface area contributed by atoms with Crippen LogP contribution in [0.3, 0.4) is 0 Å². The van der Waals surface area contributed by atoms with E-state index in [9.17, 15) is 18.0 Å². The summed E-state index contributed by atoms with van der Waals surface area (Å²) in [5, 5.41) is -1.90. The van der Waals surface area contributed by atoms with Crippen molar-refractivity contribution in [3.8, 4) is 5.75 Å². The van der Waals surface area contributed by atoms with Crippen LogP contribution in [-0.4, -0.2) is 44.9 Å². The van der Waals surface area contributed by atoms with Gasteiger partial charge in [0.15, 0.2) is 5.25 Å². The molecule has 0 aromatic heterocycles. The lowest BCUT2D eigenvalue weighted by Gasteiger charge is -2.40. The first-order valence-electron chi connectivity index (χ1n) is 15.7. The molecule has 2 saturated carbocycles. The van der Waals surface area contributed by atoms with Gasteiger partial charge < -0.3 is 14.2 Å². The second-order valence-electron chi connectivity index (χ2n) is 11.6. The second-order valence-corrected chi connectivity index (χ2v) is 16.2. The van der Waals surface area contributed by atoms with Gasteiger partial charge in [0.1, 0.15) is 18.0 Å². The Morgan fingerprint density at radius 1 is 0.667 bits per heavy atom. The summed E-state index contributed by atoms with van der Waals surface area (Å²) in [6, 6.07) is 25.2. The van der Waals surface area contributed by atoms with Gasteiger partial charge in [-0.15, -0.1) is 0 Å². The monoisotopic (exact) mass is 654 g/mol. The van der Waals surface area contributed by atoms with E-state index in [0.29, 0.717) is 33.3 Å². The third-order valence-electron chi connectivity index (χ3n) is 8.39. The van der Waals surface area contributed by atoms with E-state index >= 15 is 0 Å². The van der Waals surface area contributed by atoms with E-state index in [0.717, 1.165) is 51.4 Å². The van der Waals surface area contributed by atoms with Crippen molar-refractivity contribution in [3.05, 3.63) is 84.9 Å². The second kappa shape index (κ2) is 15.3. The van der Waals surface area contributed by atoms with E-state index in [1.54, 1.807) is 31.4 Å². The van der Waals surface area contributed by atoms with Gasteiger partial charge in [0, 0.05) is 14.7 Å². The zero-order valence-corrected chi connectivity index (χ0v) is 27.3. The fourth-order valence-electron chi connectivity index (χ4n) is 6.00. The zero-order chi connectivity index (χ0) is 31.7. The number of hydrogen-bond donors (Lipinski definition) is 0. The van der Waals surface area contributed by atoms with Crippen molar-refractivity contribution in [1.82, 2.24) is 0 Å². The quantitative estimate of drug-likeness (QED) is 0.183. The van der Waals surface area contributed by atoms with E-state index in [4.69, 9.17) is 17.8 Å². The molecule has 0 heterocycles. The molecule has 5 rings (SSSR count). The summed E-state index contributed by atoms with van der Waals surface area (Å²) in [6.45, 7) is 0. The average molecular weight is 655 g/mol. The molecule has 3 aromatic rings. The summed E-state index contributed by atoms with van der Waals surface area (Å²) in [5.41, 5.74) is 0. The van der Waals surface area contributed by atoms with Crippen LogP contribution in [0.1, 0.15) is 70.6 Å². The number of carbonyl (C=O) groups is 2. The molecule has 0 aliphatic heterocycles. The number of hydrogen-bond acceptors (Lipinski definition) is 8. The maximum atomic E-state index is 14.6. The molecule has 0 amide bonds. The highest BCUT2D eigenvalue weighted by molar-refractivity contribution is 8.33. The maximum Gasteiger partial charge on any atom is 0.327 e. The topological polar surface area (TPSA) is 105 Å². The molecule has 2 fully saturated rings. The first kappa shape index (κ1) is 33.0. The smallest absolute Gasteiger partial charge is 0.327 e. The van der Waals surface area contributed by atoms with Gasteiger partial charge >= 0.3 is 11.9 Å². The van der Waals surface area contributed by atoms with Gasteiger partial charge in [-0.1, -0.05) is 49.2 Å². The Kier molecular flexibility index (Phi) is 11.2. The lowest BCUT2D eigenvalue weighted by Crippen LogP contribution is -2.39. The molecular formula is C35H42O8S2. The molecule has 0 radical (unpaired) electrons. The lowest BCUT2D eigenvalue weighted by molar-refractivity contribution is -0.157. The van der Waals surface area contributed by atoms with Gasteiger partial charge in [-0.2, -0.15) is 8.42 Å². The zero-order valence-electron chi connectivity index (χ0n) is 25.7. The van der Waals surface area contributed by atoms with E-state index in [2.05, 4.69) is 0 Å². The molecular weight excluding hydrogens is 613 g/mol. The average Bonchev–Trinajstić information content (AvgIpc) is 3.08. The summed E-state index contributed by atoms with van der Waals surface area (Å²) < 4.78 is 52.4. The molecule has 2 aliphatic rings. The number of carbonyl (C=O) groups excluding carboxylic acids is 2. The van der Waals surface area contributed by atoms with Crippen molar-refractivity contribution in [2.45, 2.75) is 103 Å². The molecule has 0 saturated heterocycles. The van der Waals surface area contributed by atoms with Crippen molar-refractivity contribution in [2.75, 3.05) is 7.11 Å². The number of benzene rings is 3. The molecule has 242 valence electrons. The van der Waals surface area contributed by atoms with Crippen LogP contribution in [0.15, 0.2) is 99.6 Å². The molecule has 1 atom stereocenters. The van der Waals surface area contributed by atoms with Crippen molar-refractivity contribution in [1.29, 1.82) is 0 Å². The highest BCUT2D eigenvalue weighted by atomic mass is 32.3. The Bertz CT molecular complexity index is 1460. The van der Waals surface area contributed by atoms with Gasteiger partial charge in [0.05, 0.1) is 13.5 Å². The van der Waals surface area contributed by atoms with Crippen LogP contribution in [0, 0.1) is 0 Å². The first-order valence-corrected chi connectivity index (χ1v) is 18.8. The molecule has 0 N–H and O–H groups in total. The van der Waals surface area contributed by atoms with Crippen LogP contribution in [0.4, 0.5) is 0 Å². The van der Waals surface area contributed by atoms with Crippen molar-refractivity contribution in [2.24, 2.45) is 0 Å². The number of rotatable bonds is 12. The highest BCUT2D eigenvalue weighted by Gasteiger charge is 2.46. The minimum atomic E-state index is -4.80. The Morgan fingerprint density at radius 2 is 1.13 bits per heavy atom. The van der Waals surface area contributed by atoms with Gasteiger partial charge in [0.2, 0.25) is 0 Å². The Hall–Kier alpha value is -3.34. The van der Waals surface area contributed by atoms with Crippen LogP contribution in [0.25, 0.3) is 0 Å². The number of methoxy groups -OCH3 is 1. The third-order valence-corrected chi connectivity index (χ3v) is 13.8. The summed E-state index contributed by atoms with van der Waals surface area (Å²) >= 11 is 0. The van der Waals surface area contributed by atoms with Gasteiger partial charge in [-0.25, -0.2) is 3.63 Å². The Balaban J connectivity index is 1.57. The van der Waals surface area contributed by atoms with Crippen LogP contribution < -0.4 is 4.74 Å². The van der Waals surface area contributed by atoms with Gasteiger partial charge in [-0.05, 0) is 110 Å². The van der Waals surface area contributed by atoms with Gasteiger partial charge in [0.25, 0.3) is 10.1 Å². The van der Waals surface area contributed by atoms with E-state index in [1.807, 2.05) is 60.7 Å². The third kappa shape index (κ3) is 8.09. The lowest BCUT2D eigenvalue weighted by atomic mass is 9.98. The molecule has 0 spiro atoms. The number of esters is 2. The van der Waals surface area contributed by atoms with Crippen molar-refractivity contribution >= 4 is 32.4 Å². The first-order chi connectivity index (χ1) is 21.8. The minimum Gasteiger partial charge on any atom is -0.497 e. The predicted octanol–water partition coefficient (Wildman–Crippen LogP) is 7.75. The SMILES string of the molecule is COc1ccc(S(OS(=O)(=O)C(CC(=O)OC2CCCCC2)C(=O)OC2CCCCC2)(c2ccccc2)c2ccccc2)cc1. The molecule has 0 bridgehead atoms. The summed E-state index contributed by atoms with van der Waals surface area (Å²) in [5.74, 6) is -1.13. The van der Waals surface area contributed by atoms with Crippen LogP contribution in [0.2, 0.25) is 0 Å². The maximum absolute atomic E-state index is 14.6. The minimum absolute atomic E-state index is 0.289. The van der Waals surface area contributed by atoms with Crippen LogP contribution >= 0.6 is 10.3 Å². The van der Waals surface area contributed by atoms with E-state index < -0.39 is 50.1 Å². The molecule has 10 heteroatoms. The Labute approximate surface area is 268 Å². The van der Waals surface area contributed by atoms with E-state index in [-0.39, 0.29) is 6.10 Å². The molecule has 2 aliphatic carbocycles. The van der Waals surface area contributed by atoms with Crippen molar-refractivity contribution < 1.29 is 35.8 Å². The summed E-state index contributed by atoms with van der Waals surface area (Å²) in [4.78, 5) is 28.8.